The normalized spacial score (nSPS) is 9.93. The molecule has 5 nitrogen and oxygen atoms in total. The van der Waals surface area contributed by atoms with E-state index in [9.17, 15) is 4.79 Å². The molecule has 2 heterocycles. The molecule has 0 radical (unpaired) electrons. The fourth-order valence-electron chi connectivity index (χ4n) is 0.975. The standard InChI is InChI=1S/C9H6BrN3O2/c10-8-2-1-6(5-11-8)12-9(14)7-3-4-15-13-7/h1-5H,(H,12,14). The molecule has 0 aliphatic carbocycles. The zero-order valence-corrected chi connectivity index (χ0v) is 9.06. The molecular weight excluding hydrogens is 262 g/mol. The van der Waals surface area contributed by atoms with Crippen LogP contribution >= 0.6 is 15.9 Å². The Kier molecular flexibility index (Phi) is 2.77. The van der Waals surface area contributed by atoms with E-state index in [1.165, 1.54) is 12.3 Å². The third-order valence-electron chi connectivity index (χ3n) is 1.66. The van der Waals surface area contributed by atoms with Crippen molar-refractivity contribution in [2.75, 3.05) is 5.32 Å². The Labute approximate surface area is 93.6 Å². The lowest BCUT2D eigenvalue weighted by Crippen LogP contribution is -2.12. The van der Waals surface area contributed by atoms with Crippen molar-refractivity contribution in [1.82, 2.24) is 10.1 Å². The summed E-state index contributed by atoms with van der Waals surface area (Å²) in [4.78, 5) is 15.5. The molecule has 0 saturated carbocycles. The van der Waals surface area contributed by atoms with Crippen molar-refractivity contribution in [3.8, 4) is 0 Å². The van der Waals surface area contributed by atoms with Gasteiger partial charge in [-0.2, -0.15) is 0 Å². The summed E-state index contributed by atoms with van der Waals surface area (Å²) in [6.45, 7) is 0. The minimum absolute atomic E-state index is 0.234. The first-order valence-electron chi connectivity index (χ1n) is 4.09. The van der Waals surface area contributed by atoms with Crippen LogP contribution in [0.15, 0.2) is 39.8 Å². The number of carbonyl (C=O) groups excluding carboxylic acids is 1. The molecule has 6 heteroatoms. The second-order valence-corrected chi connectivity index (χ2v) is 3.52. The highest BCUT2D eigenvalue weighted by molar-refractivity contribution is 9.10. The summed E-state index contributed by atoms with van der Waals surface area (Å²) in [6, 6.07) is 4.95. The van der Waals surface area contributed by atoms with Gasteiger partial charge in [0.05, 0.1) is 11.9 Å². The highest BCUT2D eigenvalue weighted by Crippen LogP contribution is 2.11. The van der Waals surface area contributed by atoms with Crippen LogP contribution in [0.2, 0.25) is 0 Å². The van der Waals surface area contributed by atoms with E-state index in [0.717, 1.165) is 0 Å². The molecule has 0 fully saturated rings. The molecule has 0 bridgehead atoms. The van der Waals surface area contributed by atoms with Crippen molar-refractivity contribution in [3.63, 3.8) is 0 Å². The van der Waals surface area contributed by atoms with E-state index in [2.05, 4.69) is 35.9 Å². The summed E-state index contributed by atoms with van der Waals surface area (Å²) in [7, 11) is 0. The van der Waals surface area contributed by atoms with Crippen LogP contribution < -0.4 is 5.32 Å². The van der Waals surface area contributed by atoms with Crippen molar-refractivity contribution in [2.45, 2.75) is 0 Å². The third kappa shape index (κ3) is 2.41. The monoisotopic (exact) mass is 267 g/mol. The molecule has 2 aromatic rings. The number of hydrogen-bond donors (Lipinski definition) is 1. The van der Waals surface area contributed by atoms with Crippen molar-refractivity contribution in [3.05, 3.63) is 41.0 Å². The van der Waals surface area contributed by atoms with Gasteiger partial charge in [-0.15, -0.1) is 0 Å². The maximum absolute atomic E-state index is 11.5. The summed E-state index contributed by atoms with van der Waals surface area (Å²) in [6.07, 6.45) is 2.89. The van der Waals surface area contributed by atoms with Crippen LogP contribution in [0.5, 0.6) is 0 Å². The van der Waals surface area contributed by atoms with Gasteiger partial charge in [0.1, 0.15) is 10.9 Å². The summed E-state index contributed by atoms with van der Waals surface area (Å²) in [5.74, 6) is -0.326. The molecular formula is C9H6BrN3O2. The maximum atomic E-state index is 11.5. The van der Waals surface area contributed by atoms with Gasteiger partial charge in [-0.1, -0.05) is 5.16 Å². The molecule has 0 unspecified atom stereocenters. The van der Waals surface area contributed by atoms with Crippen molar-refractivity contribution in [1.29, 1.82) is 0 Å². The van der Waals surface area contributed by atoms with Crippen LogP contribution in [0.4, 0.5) is 5.69 Å². The second-order valence-electron chi connectivity index (χ2n) is 2.71. The van der Waals surface area contributed by atoms with Gasteiger partial charge in [-0.05, 0) is 28.1 Å². The van der Waals surface area contributed by atoms with E-state index >= 15 is 0 Å². The predicted octanol–water partition coefficient (Wildman–Crippen LogP) is 2.08. The van der Waals surface area contributed by atoms with E-state index in [-0.39, 0.29) is 11.6 Å². The summed E-state index contributed by atoms with van der Waals surface area (Å²) < 4.78 is 5.27. The van der Waals surface area contributed by atoms with Crippen molar-refractivity contribution >= 4 is 27.5 Å². The van der Waals surface area contributed by atoms with Crippen LogP contribution in [-0.4, -0.2) is 16.0 Å². The fraction of sp³-hybridized carbons (Fsp3) is 0. The van der Waals surface area contributed by atoms with Gasteiger partial charge < -0.3 is 9.84 Å². The number of aromatic nitrogens is 2. The minimum Gasteiger partial charge on any atom is -0.364 e. The van der Waals surface area contributed by atoms with Gasteiger partial charge in [0.2, 0.25) is 0 Å². The molecule has 1 N–H and O–H groups in total. The zero-order valence-electron chi connectivity index (χ0n) is 7.48. The SMILES string of the molecule is O=C(Nc1ccc(Br)nc1)c1ccon1. The minimum atomic E-state index is -0.326. The highest BCUT2D eigenvalue weighted by atomic mass is 79.9. The maximum Gasteiger partial charge on any atom is 0.277 e. The van der Waals surface area contributed by atoms with Crippen molar-refractivity contribution < 1.29 is 9.32 Å². The van der Waals surface area contributed by atoms with Gasteiger partial charge in [-0.3, -0.25) is 4.79 Å². The molecule has 0 saturated heterocycles. The topological polar surface area (TPSA) is 68.0 Å². The first kappa shape index (κ1) is 9.85. The fourth-order valence-corrected chi connectivity index (χ4v) is 1.21. The van der Waals surface area contributed by atoms with Gasteiger partial charge in [0.25, 0.3) is 5.91 Å². The Balaban J connectivity index is 2.09. The Hall–Kier alpha value is -1.69. The van der Waals surface area contributed by atoms with Gasteiger partial charge in [0.15, 0.2) is 5.69 Å². The van der Waals surface area contributed by atoms with Crippen LogP contribution in [0.25, 0.3) is 0 Å². The molecule has 0 aliphatic heterocycles. The first-order valence-corrected chi connectivity index (χ1v) is 4.88. The van der Waals surface area contributed by atoms with E-state index in [4.69, 9.17) is 0 Å². The van der Waals surface area contributed by atoms with Crippen molar-refractivity contribution in [2.24, 2.45) is 0 Å². The number of nitrogens with one attached hydrogen (secondary N) is 1. The largest absolute Gasteiger partial charge is 0.364 e. The number of pyridine rings is 1. The van der Waals surface area contributed by atoms with E-state index in [0.29, 0.717) is 10.3 Å². The molecule has 0 aliphatic rings. The number of nitrogens with zero attached hydrogens (tertiary/aromatic N) is 2. The molecule has 15 heavy (non-hydrogen) atoms. The lowest BCUT2D eigenvalue weighted by molar-refractivity contribution is 0.101. The number of halogens is 1. The molecule has 0 aromatic carbocycles. The summed E-state index contributed by atoms with van der Waals surface area (Å²) in [5, 5.41) is 6.14. The molecule has 76 valence electrons. The molecule has 2 rings (SSSR count). The van der Waals surface area contributed by atoms with Crippen LogP contribution in [0.1, 0.15) is 10.5 Å². The molecule has 1 amide bonds. The lowest BCUT2D eigenvalue weighted by Gasteiger charge is -2.01. The van der Waals surface area contributed by atoms with Gasteiger partial charge >= 0.3 is 0 Å². The average molecular weight is 268 g/mol. The number of carbonyl (C=O) groups is 1. The number of rotatable bonds is 2. The average Bonchev–Trinajstić information content (AvgIpc) is 2.74. The quantitative estimate of drug-likeness (QED) is 0.847. The van der Waals surface area contributed by atoms with Crippen LogP contribution in [-0.2, 0) is 0 Å². The highest BCUT2D eigenvalue weighted by Gasteiger charge is 2.08. The lowest BCUT2D eigenvalue weighted by atomic mass is 10.3. The Morgan fingerprint density at radius 1 is 1.40 bits per heavy atom. The number of amides is 1. The first-order chi connectivity index (χ1) is 7.25. The number of anilines is 1. The Morgan fingerprint density at radius 2 is 2.27 bits per heavy atom. The summed E-state index contributed by atoms with van der Waals surface area (Å²) >= 11 is 3.20. The zero-order chi connectivity index (χ0) is 10.7. The Morgan fingerprint density at radius 3 is 2.87 bits per heavy atom. The van der Waals surface area contributed by atoms with E-state index < -0.39 is 0 Å². The molecule has 0 atom stereocenters. The van der Waals surface area contributed by atoms with Gasteiger partial charge in [-0.25, -0.2) is 4.98 Å². The Bertz CT molecular complexity index is 453. The summed E-state index contributed by atoms with van der Waals surface area (Å²) in [5.41, 5.74) is 0.837. The third-order valence-corrected chi connectivity index (χ3v) is 2.12. The van der Waals surface area contributed by atoms with Gasteiger partial charge in [0, 0.05) is 6.07 Å². The van der Waals surface area contributed by atoms with E-state index in [1.54, 1.807) is 18.3 Å². The molecule has 0 spiro atoms. The predicted molar refractivity (Wildman–Crippen MR) is 56.4 cm³/mol. The van der Waals surface area contributed by atoms with Crippen LogP contribution in [0.3, 0.4) is 0 Å². The smallest absolute Gasteiger partial charge is 0.277 e. The van der Waals surface area contributed by atoms with E-state index in [1.807, 2.05) is 0 Å². The second kappa shape index (κ2) is 4.22. The number of hydrogen-bond acceptors (Lipinski definition) is 4. The molecule has 2 aromatic heterocycles. The van der Waals surface area contributed by atoms with Crippen LogP contribution in [0, 0.1) is 0 Å².